The van der Waals surface area contributed by atoms with Crippen LogP contribution in [0, 0.1) is 5.92 Å². The minimum absolute atomic E-state index is 0.200. The average Bonchev–Trinajstić information content (AvgIpc) is 2.49. The molecule has 3 heteroatoms. The topological polar surface area (TPSA) is 52.3 Å². The van der Waals surface area contributed by atoms with Gasteiger partial charge in [-0.1, -0.05) is 63.4 Å². The van der Waals surface area contributed by atoms with E-state index in [1.807, 2.05) is 30.3 Å². The second-order valence-corrected chi connectivity index (χ2v) is 5.25. The van der Waals surface area contributed by atoms with Crippen molar-refractivity contribution in [3.05, 3.63) is 35.9 Å². The lowest BCUT2D eigenvalue weighted by atomic mass is 9.98. The standard InChI is InChI=1S/C17H27NO2/c1-3-5-9-14(4-2)13-20-17(19)16(12-18)15-10-7-6-8-11-15/h6-8,10-11,14,16H,3-5,9,12-13,18H2,1-2H3. The Morgan fingerprint density at radius 2 is 1.95 bits per heavy atom. The number of rotatable bonds is 9. The smallest absolute Gasteiger partial charge is 0.314 e. The molecule has 0 aliphatic heterocycles. The van der Waals surface area contributed by atoms with Gasteiger partial charge in [0.1, 0.15) is 0 Å². The summed E-state index contributed by atoms with van der Waals surface area (Å²) in [5, 5.41) is 0. The van der Waals surface area contributed by atoms with Crippen molar-refractivity contribution in [3.63, 3.8) is 0 Å². The highest BCUT2D eigenvalue weighted by molar-refractivity contribution is 5.78. The van der Waals surface area contributed by atoms with E-state index in [1.165, 1.54) is 12.8 Å². The van der Waals surface area contributed by atoms with Crippen molar-refractivity contribution in [3.8, 4) is 0 Å². The zero-order valence-corrected chi connectivity index (χ0v) is 12.7. The fourth-order valence-corrected chi connectivity index (χ4v) is 2.25. The number of esters is 1. The number of carbonyl (C=O) groups is 1. The van der Waals surface area contributed by atoms with Crippen molar-refractivity contribution in [2.24, 2.45) is 11.7 Å². The summed E-state index contributed by atoms with van der Waals surface area (Å²) in [6.07, 6.45) is 4.54. The lowest BCUT2D eigenvalue weighted by Crippen LogP contribution is -2.25. The zero-order valence-electron chi connectivity index (χ0n) is 12.7. The summed E-state index contributed by atoms with van der Waals surface area (Å²) in [7, 11) is 0. The van der Waals surface area contributed by atoms with Gasteiger partial charge in [-0.15, -0.1) is 0 Å². The molecule has 0 spiro atoms. The van der Waals surface area contributed by atoms with E-state index in [-0.39, 0.29) is 18.4 Å². The lowest BCUT2D eigenvalue weighted by molar-refractivity contribution is -0.146. The van der Waals surface area contributed by atoms with E-state index in [2.05, 4.69) is 13.8 Å². The number of ether oxygens (including phenoxy) is 1. The highest BCUT2D eigenvalue weighted by atomic mass is 16.5. The molecule has 0 radical (unpaired) electrons. The van der Waals surface area contributed by atoms with Crippen LogP contribution >= 0.6 is 0 Å². The third-order valence-electron chi connectivity index (χ3n) is 3.73. The normalized spacial score (nSPS) is 13.8. The van der Waals surface area contributed by atoms with Gasteiger partial charge in [-0.25, -0.2) is 0 Å². The predicted octanol–water partition coefficient (Wildman–Crippen LogP) is 3.49. The Morgan fingerprint density at radius 3 is 2.50 bits per heavy atom. The van der Waals surface area contributed by atoms with Gasteiger partial charge >= 0.3 is 5.97 Å². The van der Waals surface area contributed by atoms with Crippen molar-refractivity contribution in [1.82, 2.24) is 0 Å². The predicted molar refractivity (Wildman–Crippen MR) is 82.5 cm³/mol. The van der Waals surface area contributed by atoms with E-state index in [4.69, 9.17) is 10.5 Å². The van der Waals surface area contributed by atoms with E-state index in [0.717, 1.165) is 18.4 Å². The van der Waals surface area contributed by atoms with E-state index in [0.29, 0.717) is 12.5 Å². The molecule has 1 aromatic rings. The molecule has 20 heavy (non-hydrogen) atoms. The molecule has 0 saturated carbocycles. The summed E-state index contributed by atoms with van der Waals surface area (Å²) in [5.41, 5.74) is 6.66. The molecule has 2 unspecified atom stereocenters. The molecule has 2 atom stereocenters. The summed E-state index contributed by atoms with van der Waals surface area (Å²) in [5.74, 6) is -0.0818. The zero-order chi connectivity index (χ0) is 14.8. The second-order valence-electron chi connectivity index (χ2n) is 5.25. The number of nitrogens with two attached hydrogens (primary N) is 1. The Balaban J connectivity index is 2.51. The van der Waals surface area contributed by atoms with Crippen molar-refractivity contribution in [2.45, 2.75) is 45.4 Å². The molecule has 0 aromatic heterocycles. The first-order chi connectivity index (χ1) is 9.72. The van der Waals surface area contributed by atoms with Crippen molar-refractivity contribution in [2.75, 3.05) is 13.2 Å². The van der Waals surface area contributed by atoms with Crippen LogP contribution in [0.25, 0.3) is 0 Å². The fourth-order valence-electron chi connectivity index (χ4n) is 2.25. The number of hydrogen-bond donors (Lipinski definition) is 1. The first-order valence-corrected chi connectivity index (χ1v) is 7.64. The summed E-state index contributed by atoms with van der Waals surface area (Å²) in [4.78, 5) is 12.2. The third kappa shape index (κ3) is 5.33. The fraction of sp³-hybridized carbons (Fsp3) is 0.588. The van der Waals surface area contributed by atoms with Crippen LogP contribution in [0.2, 0.25) is 0 Å². The average molecular weight is 277 g/mol. The monoisotopic (exact) mass is 277 g/mol. The van der Waals surface area contributed by atoms with Crippen molar-refractivity contribution in [1.29, 1.82) is 0 Å². The highest BCUT2D eigenvalue weighted by Gasteiger charge is 2.21. The Bertz CT molecular complexity index is 378. The second kappa shape index (κ2) is 9.54. The van der Waals surface area contributed by atoms with Gasteiger partial charge in [-0.2, -0.15) is 0 Å². The molecule has 0 saturated heterocycles. The van der Waals surface area contributed by atoms with Crippen LogP contribution in [-0.2, 0) is 9.53 Å². The maximum absolute atomic E-state index is 12.2. The van der Waals surface area contributed by atoms with Crippen LogP contribution in [0.15, 0.2) is 30.3 Å². The minimum atomic E-state index is -0.347. The van der Waals surface area contributed by atoms with Gasteiger partial charge in [-0.3, -0.25) is 4.79 Å². The van der Waals surface area contributed by atoms with Crippen molar-refractivity contribution >= 4 is 5.97 Å². The minimum Gasteiger partial charge on any atom is -0.465 e. The van der Waals surface area contributed by atoms with Gasteiger partial charge in [0.15, 0.2) is 0 Å². The van der Waals surface area contributed by atoms with Gasteiger partial charge in [0.05, 0.1) is 12.5 Å². The molecule has 1 rings (SSSR count). The number of benzene rings is 1. The van der Waals surface area contributed by atoms with Gasteiger partial charge in [0.25, 0.3) is 0 Å². The summed E-state index contributed by atoms with van der Waals surface area (Å²) in [6, 6.07) is 9.61. The van der Waals surface area contributed by atoms with Gasteiger partial charge in [0, 0.05) is 6.54 Å². The number of unbranched alkanes of at least 4 members (excludes halogenated alkanes) is 1. The Labute approximate surface area is 122 Å². The highest BCUT2D eigenvalue weighted by Crippen LogP contribution is 2.18. The maximum atomic E-state index is 12.2. The molecular formula is C17H27NO2. The maximum Gasteiger partial charge on any atom is 0.314 e. The molecule has 0 amide bonds. The van der Waals surface area contributed by atoms with Crippen LogP contribution in [0.5, 0.6) is 0 Å². The van der Waals surface area contributed by atoms with E-state index in [1.54, 1.807) is 0 Å². The third-order valence-corrected chi connectivity index (χ3v) is 3.73. The molecule has 0 bridgehead atoms. The van der Waals surface area contributed by atoms with Gasteiger partial charge < -0.3 is 10.5 Å². The summed E-state index contributed by atoms with van der Waals surface area (Å²) < 4.78 is 5.48. The van der Waals surface area contributed by atoms with E-state index < -0.39 is 0 Å². The SMILES string of the molecule is CCCCC(CC)COC(=O)C(CN)c1ccccc1. The Kier molecular flexibility index (Phi) is 7.97. The van der Waals surface area contributed by atoms with Crippen LogP contribution < -0.4 is 5.73 Å². The Morgan fingerprint density at radius 1 is 1.25 bits per heavy atom. The lowest BCUT2D eigenvalue weighted by Gasteiger charge is -2.18. The molecule has 112 valence electrons. The number of carbonyl (C=O) groups excluding carboxylic acids is 1. The van der Waals surface area contributed by atoms with E-state index in [9.17, 15) is 4.79 Å². The first-order valence-electron chi connectivity index (χ1n) is 7.64. The van der Waals surface area contributed by atoms with Crippen LogP contribution in [0.1, 0.15) is 51.0 Å². The molecule has 1 aromatic carbocycles. The van der Waals surface area contributed by atoms with Crippen LogP contribution in [0.3, 0.4) is 0 Å². The molecular weight excluding hydrogens is 250 g/mol. The Hall–Kier alpha value is -1.35. The molecule has 0 fully saturated rings. The number of hydrogen-bond acceptors (Lipinski definition) is 3. The summed E-state index contributed by atoms with van der Waals surface area (Å²) in [6.45, 7) is 5.12. The van der Waals surface area contributed by atoms with Crippen LogP contribution in [-0.4, -0.2) is 19.1 Å². The quantitative estimate of drug-likeness (QED) is 0.703. The molecule has 0 heterocycles. The van der Waals surface area contributed by atoms with Crippen molar-refractivity contribution < 1.29 is 9.53 Å². The van der Waals surface area contributed by atoms with Gasteiger partial charge in [0.2, 0.25) is 0 Å². The van der Waals surface area contributed by atoms with E-state index >= 15 is 0 Å². The molecule has 0 aliphatic rings. The van der Waals surface area contributed by atoms with Gasteiger partial charge in [-0.05, 0) is 17.9 Å². The molecule has 2 N–H and O–H groups in total. The molecule has 3 nitrogen and oxygen atoms in total. The largest absolute Gasteiger partial charge is 0.465 e. The first kappa shape index (κ1) is 16.7. The summed E-state index contributed by atoms with van der Waals surface area (Å²) >= 11 is 0. The molecule has 0 aliphatic carbocycles. The van der Waals surface area contributed by atoms with Crippen LogP contribution in [0.4, 0.5) is 0 Å².